The second-order valence-corrected chi connectivity index (χ2v) is 9.97. The van der Waals surface area contributed by atoms with Crippen molar-refractivity contribution in [2.75, 3.05) is 11.1 Å². The summed E-state index contributed by atoms with van der Waals surface area (Å²) >= 11 is 8.54. The van der Waals surface area contributed by atoms with Gasteiger partial charge in [-0.3, -0.25) is 9.59 Å². The normalized spacial score (nSPS) is 10.7. The summed E-state index contributed by atoms with van der Waals surface area (Å²) in [7, 11) is 0. The van der Waals surface area contributed by atoms with Crippen molar-refractivity contribution in [1.29, 1.82) is 0 Å². The number of aromatic nitrogens is 4. The molecule has 0 saturated heterocycles. The van der Waals surface area contributed by atoms with E-state index in [4.69, 9.17) is 11.6 Å². The largest absolute Gasteiger partial charge is 0.345 e. The number of rotatable bonds is 10. The molecule has 0 atom stereocenters. The lowest BCUT2D eigenvalue weighted by Crippen LogP contribution is -2.25. The number of halogens is 1. The Labute approximate surface area is 221 Å². The Kier molecular flexibility index (Phi) is 8.52. The number of hydrogen-bond acceptors (Lipinski definition) is 7. The van der Waals surface area contributed by atoms with Gasteiger partial charge < -0.3 is 15.2 Å². The van der Waals surface area contributed by atoms with Gasteiger partial charge in [-0.1, -0.05) is 59.3 Å². The standard InChI is InChI=1S/C25H23ClN6O2S2/c1-3-11-32-21(13-27-23(34)18-6-4-5-16(2)12-18)30-31-25(32)36-15-22(33)29-24-28-20(14-35-24)17-7-9-19(26)10-8-17/h3-10,12,14H,1,11,13,15H2,2H3,(H,27,34)(H,28,29,33). The van der Waals surface area contributed by atoms with Crippen LogP contribution in [0.5, 0.6) is 0 Å². The number of aryl methyl sites for hydroxylation is 1. The molecule has 184 valence electrons. The minimum absolute atomic E-state index is 0.126. The molecule has 4 rings (SSSR count). The minimum Gasteiger partial charge on any atom is -0.345 e. The zero-order chi connectivity index (χ0) is 25.5. The van der Waals surface area contributed by atoms with Crippen LogP contribution < -0.4 is 10.6 Å². The molecule has 8 nitrogen and oxygen atoms in total. The van der Waals surface area contributed by atoms with Gasteiger partial charge in [0.25, 0.3) is 5.91 Å². The van der Waals surface area contributed by atoms with Gasteiger partial charge in [0, 0.05) is 28.1 Å². The van der Waals surface area contributed by atoms with Crippen LogP contribution in [-0.4, -0.2) is 37.3 Å². The van der Waals surface area contributed by atoms with Crippen molar-refractivity contribution >= 4 is 51.6 Å². The number of carbonyl (C=O) groups is 2. The fraction of sp³-hybridized carbons (Fsp3) is 0.160. The third kappa shape index (κ3) is 6.60. The van der Waals surface area contributed by atoms with E-state index in [-0.39, 0.29) is 24.1 Å². The van der Waals surface area contributed by atoms with Crippen LogP contribution in [0.1, 0.15) is 21.7 Å². The molecule has 4 aromatic rings. The van der Waals surface area contributed by atoms with E-state index < -0.39 is 0 Å². The second kappa shape index (κ2) is 12.0. The molecule has 0 aliphatic rings. The van der Waals surface area contributed by atoms with Crippen LogP contribution in [0, 0.1) is 6.92 Å². The molecule has 0 bridgehead atoms. The number of amides is 2. The third-order valence-corrected chi connectivity index (χ3v) is 6.99. The topological polar surface area (TPSA) is 102 Å². The van der Waals surface area contributed by atoms with Crippen molar-refractivity contribution < 1.29 is 9.59 Å². The molecule has 0 aliphatic carbocycles. The molecule has 2 aromatic carbocycles. The van der Waals surface area contributed by atoms with E-state index in [2.05, 4.69) is 32.4 Å². The third-order valence-electron chi connectivity index (χ3n) is 5.02. The summed E-state index contributed by atoms with van der Waals surface area (Å²) in [6, 6.07) is 14.7. The number of benzene rings is 2. The smallest absolute Gasteiger partial charge is 0.251 e. The number of carbonyl (C=O) groups excluding carboxylic acids is 2. The van der Waals surface area contributed by atoms with E-state index in [1.165, 1.54) is 23.1 Å². The lowest BCUT2D eigenvalue weighted by Gasteiger charge is -2.09. The average Bonchev–Trinajstić information content (AvgIpc) is 3.49. The zero-order valence-corrected chi connectivity index (χ0v) is 21.8. The Morgan fingerprint density at radius 2 is 2.00 bits per heavy atom. The first-order chi connectivity index (χ1) is 17.4. The van der Waals surface area contributed by atoms with Gasteiger partial charge in [-0.15, -0.1) is 28.1 Å². The molecule has 2 amide bonds. The van der Waals surface area contributed by atoms with Crippen molar-refractivity contribution in [3.05, 3.63) is 88.5 Å². The van der Waals surface area contributed by atoms with E-state index in [1.807, 2.05) is 47.2 Å². The van der Waals surface area contributed by atoms with Crippen LogP contribution in [-0.2, 0) is 17.9 Å². The average molecular weight is 539 g/mol. The molecule has 0 spiro atoms. The van der Waals surface area contributed by atoms with Crippen LogP contribution >= 0.6 is 34.7 Å². The highest BCUT2D eigenvalue weighted by molar-refractivity contribution is 7.99. The van der Waals surface area contributed by atoms with Crippen LogP contribution in [0.4, 0.5) is 5.13 Å². The van der Waals surface area contributed by atoms with Crippen LogP contribution in [0.15, 0.2) is 71.7 Å². The minimum atomic E-state index is -0.209. The number of nitrogens with one attached hydrogen (secondary N) is 2. The van der Waals surface area contributed by atoms with Crippen molar-refractivity contribution in [3.8, 4) is 11.3 Å². The highest BCUT2D eigenvalue weighted by Gasteiger charge is 2.16. The summed E-state index contributed by atoms with van der Waals surface area (Å²) in [6.45, 7) is 6.37. The number of allylic oxidation sites excluding steroid dienone is 1. The van der Waals surface area contributed by atoms with Crippen LogP contribution in [0.25, 0.3) is 11.3 Å². The number of thioether (sulfide) groups is 1. The summed E-state index contributed by atoms with van der Waals surface area (Å²) in [5.41, 5.74) is 3.28. The molecule has 36 heavy (non-hydrogen) atoms. The molecule has 0 fully saturated rings. The van der Waals surface area contributed by atoms with Gasteiger partial charge in [-0.05, 0) is 31.2 Å². The summed E-state index contributed by atoms with van der Waals surface area (Å²) in [5.74, 6) is 0.300. The van der Waals surface area contributed by atoms with E-state index in [9.17, 15) is 9.59 Å². The van der Waals surface area contributed by atoms with Gasteiger partial charge in [0.1, 0.15) is 0 Å². The molecular weight excluding hydrogens is 516 g/mol. The lowest BCUT2D eigenvalue weighted by atomic mass is 10.1. The molecule has 2 aromatic heterocycles. The van der Waals surface area contributed by atoms with E-state index in [1.54, 1.807) is 24.3 Å². The van der Waals surface area contributed by atoms with Crippen molar-refractivity contribution in [1.82, 2.24) is 25.1 Å². The SMILES string of the molecule is C=CCn1c(CNC(=O)c2cccc(C)c2)nnc1SCC(=O)Nc1nc(-c2ccc(Cl)cc2)cs1. The zero-order valence-electron chi connectivity index (χ0n) is 19.4. The summed E-state index contributed by atoms with van der Waals surface area (Å²) in [5, 5.41) is 17.7. The van der Waals surface area contributed by atoms with E-state index >= 15 is 0 Å². The Morgan fingerprint density at radius 3 is 2.75 bits per heavy atom. The van der Waals surface area contributed by atoms with E-state index in [0.29, 0.717) is 33.2 Å². The van der Waals surface area contributed by atoms with Gasteiger partial charge >= 0.3 is 0 Å². The summed E-state index contributed by atoms with van der Waals surface area (Å²) < 4.78 is 1.82. The van der Waals surface area contributed by atoms with Gasteiger partial charge in [-0.25, -0.2) is 4.98 Å². The van der Waals surface area contributed by atoms with Gasteiger partial charge in [0.05, 0.1) is 18.0 Å². The number of hydrogen-bond donors (Lipinski definition) is 2. The highest BCUT2D eigenvalue weighted by Crippen LogP contribution is 2.26. The van der Waals surface area contributed by atoms with Crippen LogP contribution in [0.2, 0.25) is 5.02 Å². The first-order valence-corrected chi connectivity index (χ1v) is 13.2. The summed E-state index contributed by atoms with van der Waals surface area (Å²) in [6.07, 6.45) is 1.72. The Hall–Kier alpha value is -3.47. The fourth-order valence-corrected chi connectivity index (χ4v) is 4.92. The number of thiazole rings is 1. The Balaban J connectivity index is 1.34. The number of nitrogens with zero attached hydrogens (tertiary/aromatic N) is 4. The van der Waals surface area contributed by atoms with Crippen molar-refractivity contribution in [2.45, 2.75) is 25.2 Å². The maximum Gasteiger partial charge on any atom is 0.251 e. The Bertz CT molecular complexity index is 1380. The fourth-order valence-electron chi connectivity index (χ4n) is 3.29. The second-order valence-electron chi connectivity index (χ2n) is 7.73. The highest BCUT2D eigenvalue weighted by atomic mass is 35.5. The van der Waals surface area contributed by atoms with Gasteiger partial charge in [0.15, 0.2) is 16.1 Å². The summed E-state index contributed by atoms with van der Waals surface area (Å²) in [4.78, 5) is 29.5. The molecular formula is C25H23ClN6O2S2. The molecule has 2 N–H and O–H groups in total. The van der Waals surface area contributed by atoms with Crippen molar-refractivity contribution in [2.24, 2.45) is 0 Å². The molecule has 11 heteroatoms. The van der Waals surface area contributed by atoms with Gasteiger partial charge in [-0.2, -0.15) is 0 Å². The molecule has 0 saturated carbocycles. The molecule has 0 aliphatic heterocycles. The molecule has 0 unspecified atom stereocenters. The van der Waals surface area contributed by atoms with Crippen LogP contribution in [0.3, 0.4) is 0 Å². The predicted octanol–water partition coefficient (Wildman–Crippen LogP) is 5.21. The first-order valence-electron chi connectivity index (χ1n) is 10.9. The van der Waals surface area contributed by atoms with Crippen molar-refractivity contribution in [3.63, 3.8) is 0 Å². The monoisotopic (exact) mass is 538 g/mol. The molecule has 2 heterocycles. The quantitative estimate of drug-likeness (QED) is 0.212. The number of anilines is 1. The Morgan fingerprint density at radius 1 is 1.19 bits per heavy atom. The maximum atomic E-state index is 12.5. The molecule has 0 radical (unpaired) electrons. The maximum absolute atomic E-state index is 12.5. The lowest BCUT2D eigenvalue weighted by molar-refractivity contribution is -0.113. The van der Waals surface area contributed by atoms with Gasteiger partial charge in [0.2, 0.25) is 5.91 Å². The van der Waals surface area contributed by atoms with E-state index in [0.717, 1.165) is 16.8 Å². The first kappa shape index (κ1) is 25.6. The predicted molar refractivity (Wildman–Crippen MR) is 144 cm³/mol.